The summed E-state index contributed by atoms with van der Waals surface area (Å²) in [6, 6.07) is 11.9. The lowest BCUT2D eigenvalue weighted by Gasteiger charge is -2.01. The Bertz CT molecular complexity index is 721. The van der Waals surface area contributed by atoms with Crippen LogP contribution in [0.3, 0.4) is 0 Å². The van der Waals surface area contributed by atoms with Gasteiger partial charge in [0.25, 0.3) is 0 Å². The van der Waals surface area contributed by atoms with Gasteiger partial charge in [0.2, 0.25) is 0 Å². The number of nitriles is 1. The van der Waals surface area contributed by atoms with E-state index >= 15 is 0 Å². The number of hydrogen-bond donors (Lipinski definition) is 1. The zero-order chi connectivity index (χ0) is 11.7. The first-order valence-corrected chi connectivity index (χ1v) is 5.17. The number of benzene rings is 1. The second kappa shape index (κ2) is 3.72. The summed E-state index contributed by atoms with van der Waals surface area (Å²) in [5.41, 5.74) is 3.21. The molecule has 0 aliphatic carbocycles. The van der Waals surface area contributed by atoms with Gasteiger partial charge in [-0.25, -0.2) is 0 Å². The highest BCUT2D eigenvalue weighted by Gasteiger charge is 2.07. The van der Waals surface area contributed by atoms with Crippen LogP contribution in [0.5, 0.6) is 0 Å². The van der Waals surface area contributed by atoms with Crippen molar-refractivity contribution in [1.29, 1.82) is 5.26 Å². The van der Waals surface area contributed by atoms with E-state index in [1.807, 2.05) is 30.3 Å². The summed E-state index contributed by atoms with van der Waals surface area (Å²) < 4.78 is 0. The van der Waals surface area contributed by atoms with Crippen molar-refractivity contribution in [2.75, 3.05) is 0 Å². The van der Waals surface area contributed by atoms with Crippen molar-refractivity contribution < 1.29 is 0 Å². The first-order valence-electron chi connectivity index (χ1n) is 5.17. The molecule has 3 aromatic rings. The number of rotatable bonds is 1. The van der Waals surface area contributed by atoms with E-state index < -0.39 is 0 Å². The van der Waals surface area contributed by atoms with Crippen molar-refractivity contribution in [3.63, 3.8) is 0 Å². The molecule has 0 aliphatic rings. The van der Waals surface area contributed by atoms with Crippen molar-refractivity contribution in [3.05, 3.63) is 48.4 Å². The largest absolute Gasteiger partial charge is 0.267 e. The minimum Gasteiger partial charge on any atom is -0.267 e. The van der Waals surface area contributed by atoms with E-state index in [0.717, 1.165) is 22.0 Å². The number of H-pyrrole nitrogens is 1. The normalized spacial score (nSPS) is 10.3. The molecule has 0 saturated carbocycles. The molecule has 17 heavy (non-hydrogen) atoms. The molecule has 2 heterocycles. The van der Waals surface area contributed by atoms with Crippen LogP contribution in [0, 0.1) is 11.3 Å². The fraction of sp³-hybridized carbons (Fsp3) is 0. The van der Waals surface area contributed by atoms with Gasteiger partial charge in [-0.05, 0) is 23.8 Å². The Hall–Kier alpha value is -2.67. The first kappa shape index (κ1) is 9.55. The lowest BCUT2D eigenvalue weighted by Crippen LogP contribution is -1.82. The molecule has 80 valence electrons. The van der Waals surface area contributed by atoms with Gasteiger partial charge in [0, 0.05) is 17.1 Å². The average Bonchev–Trinajstić information content (AvgIpc) is 2.86. The number of nitrogens with zero attached hydrogens (tertiary/aromatic N) is 3. The van der Waals surface area contributed by atoms with Crippen molar-refractivity contribution in [2.24, 2.45) is 0 Å². The van der Waals surface area contributed by atoms with Crippen LogP contribution >= 0.6 is 0 Å². The molecule has 0 unspecified atom stereocenters. The number of hydrogen-bond acceptors (Lipinski definition) is 3. The molecule has 4 nitrogen and oxygen atoms in total. The summed E-state index contributed by atoms with van der Waals surface area (Å²) in [5, 5.41) is 16.6. The van der Waals surface area contributed by atoms with Crippen LogP contribution in [0.4, 0.5) is 0 Å². The van der Waals surface area contributed by atoms with E-state index in [9.17, 15) is 0 Å². The van der Waals surface area contributed by atoms with Gasteiger partial charge in [-0.15, -0.1) is 0 Å². The Morgan fingerprint density at radius 1 is 1.24 bits per heavy atom. The van der Waals surface area contributed by atoms with E-state index in [0.29, 0.717) is 5.69 Å². The number of aromatic nitrogens is 3. The minimum absolute atomic E-state index is 0.480. The number of pyridine rings is 1. The van der Waals surface area contributed by atoms with E-state index in [-0.39, 0.29) is 0 Å². The second-order valence-corrected chi connectivity index (χ2v) is 3.68. The monoisotopic (exact) mass is 220 g/mol. The Balaban J connectivity index is 2.22. The standard InChI is InChI=1S/C13H8N4/c14-7-13-11(8-16-17-13)9-3-4-12-10(6-9)2-1-5-15-12/h1-6,8H,(H,16,17). The molecule has 0 aliphatic heterocycles. The van der Waals surface area contributed by atoms with Crippen LogP contribution in [-0.4, -0.2) is 15.2 Å². The van der Waals surface area contributed by atoms with Crippen LogP contribution < -0.4 is 0 Å². The molecule has 2 aromatic heterocycles. The van der Waals surface area contributed by atoms with Crippen molar-refractivity contribution in [1.82, 2.24) is 15.2 Å². The minimum atomic E-state index is 0.480. The van der Waals surface area contributed by atoms with Gasteiger partial charge in [-0.3, -0.25) is 10.1 Å². The molecule has 1 N–H and O–H groups in total. The fourth-order valence-corrected chi connectivity index (χ4v) is 1.83. The topological polar surface area (TPSA) is 65.4 Å². The summed E-state index contributed by atoms with van der Waals surface area (Å²) >= 11 is 0. The Morgan fingerprint density at radius 3 is 3.06 bits per heavy atom. The van der Waals surface area contributed by atoms with Gasteiger partial charge in [0.15, 0.2) is 0 Å². The highest BCUT2D eigenvalue weighted by atomic mass is 15.1. The third-order valence-electron chi connectivity index (χ3n) is 2.67. The molecule has 0 radical (unpaired) electrons. The van der Waals surface area contributed by atoms with Crippen LogP contribution in [0.25, 0.3) is 22.0 Å². The summed E-state index contributed by atoms with van der Waals surface area (Å²) in [4.78, 5) is 4.26. The third-order valence-corrected chi connectivity index (χ3v) is 2.67. The van der Waals surface area contributed by atoms with Gasteiger partial charge >= 0.3 is 0 Å². The van der Waals surface area contributed by atoms with Gasteiger partial charge in [0.1, 0.15) is 11.8 Å². The highest BCUT2D eigenvalue weighted by Crippen LogP contribution is 2.24. The van der Waals surface area contributed by atoms with E-state index in [4.69, 9.17) is 5.26 Å². The van der Waals surface area contributed by atoms with Gasteiger partial charge < -0.3 is 0 Å². The Kier molecular flexibility index (Phi) is 2.09. The molecule has 0 atom stereocenters. The Morgan fingerprint density at radius 2 is 2.18 bits per heavy atom. The molecule has 0 amide bonds. The van der Waals surface area contributed by atoms with Crippen LogP contribution in [0.15, 0.2) is 42.7 Å². The summed E-state index contributed by atoms with van der Waals surface area (Å²) in [5.74, 6) is 0. The summed E-state index contributed by atoms with van der Waals surface area (Å²) in [6.07, 6.45) is 3.43. The average molecular weight is 220 g/mol. The maximum atomic E-state index is 8.95. The van der Waals surface area contributed by atoms with Crippen molar-refractivity contribution in [2.45, 2.75) is 0 Å². The van der Waals surface area contributed by atoms with Crippen LogP contribution in [0.1, 0.15) is 5.69 Å². The number of nitrogens with one attached hydrogen (secondary N) is 1. The van der Waals surface area contributed by atoms with Crippen LogP contribution in [0.2, 0.25) is 0 Å². The predicted octanol–water partition coefficient (Wildman–Crippen LogP) is 2.50. The molecule has 0 fully saturated rings. The molecular formula is C13H8N4. The first-order chi connectivity index (χ1) is 8.38. The zero-order valence-electron chi connectivity index (χ0n) is 8.88. The smallest absolute Gasteiger partial charge is 0.143 e. The lowest BCUT2D eigenvalue weighted by atomic mass is 10.0. The van der Waals surface area contributed by atoms with E-state index in [1.54, 1.807) is 12.4 Å². The predicted molar refractivity (Wildman–Crippen MR) is 64.0 cm³/mol. The van der Waals surface area contributed by atoms with Gasteiger partial charge in [-0.2, -0.15) is 10.4 Å². The number of aromatic amines is 1. The Labute approximate surface area is 97.5 Å². The fourth-order valence-electron chi connectivity index (χ4n) is 1.83. The molecule has 1 aromatic carbocycles. The molecule has 0 saturated heterocycles. The number of fused-ring (bicyclic) bond motifs is 1. The zero-order valence-corrected chi connectivity index (χ0v) is 8.88. The second-order valence-electron chi connectivity index (χ2n) is 3.68. The lowest BCUT2D eigenvalue weighted by molar-refractivity contribution is 1.07. The van der Waals surface area contributed by atoms with Crippen molar-refractivity contribution >= 4 is 10.9 Å². The van der Waals surface area contributed by atoms with Gasteiger partial charge in [0.05, 0.1) is 11.7 Å². The maximum Gasteiger partial charge on any atom is 0.143 e. The molecule has 3 rings (SSSR count). The summed E-state index contributed by atoms with van der Waals surface area (Å²) in [6.45, 7) is 0. The van der Waals surface area contributed by atoms with Crippen molar-refractivity contribution in [3.8, 4) is 17.2 Å². The quantitative estimate of drug-likeness (QED) is 0.685. The molecule has 4 heteroatoms. The van der Waals surface area contributed by atoms with Crippen LogP contribution in [-0.2, 0) is 0 Å². The highest BCUT2D eigenvalue weighted by molar-refractivity contribution is 5.85. The molecule has 0 spiro atoms. The molecular weight excluding hydrogens is 212 g/mol. The van der Waals surface area contributed by atoms with E-state index in [1.165, 1.54) is 0 Å². The van der Waals surface area contributed by atoms with Gasteiger partial charge in [-0.1, -0.05) is 12.1 Å². The maximum absolute atomic E-state index is 8.95. The third kappa shape index (κ3) is 1.54. The SMILES string of the molecule is N#Cc1[nH]ncc1-c1ccc2ncccc2c1. The summed E-state index contributed by atoms with van der Waals surface area (Å²) in [7, 11) is 0. The molecule has 0 bridgehead atoms. The van der Waals surface area contributed by atoms with E-state index in [2.05, 4.69) is 21.3 Å².